The standard InChI is InChI=1S/C11H22N2O/c1-4-13-6-5-12(10(2)3)7-11(13)8-14-9-11/h10H,4-9H2,1-3H3. The third kappa shape index (κ3) is 1.58. The second-order valence-electron chi connectivity index (χ2n) is 4.86. The van der Waals surface area contributed by atoms with Gasteiger partial charge < -0.3 is 4.74 Å². The summed E-state index contributed by atoms with van der Waals surface area (Å²) in [6, 6.07) is 0.673. The van der Waals surface area contributed by atoms with Crippen LogP contribution in [0, 0.1) is 0 Å². The van der Waals surface area contributed by atoms with Gasteiger partial charge in [-0.3, -0.25) is 9.80 Å². The fraction of sp³-hybridized carbons (Fsp3) is 1.00. The van der Waals surface area contributed by atoms with Crippen LogP contribution in [0.3, 0.4) is 0 Å². The summed E-state index contributed by atoms with van der Waals surface area (Å²) in [6.45, 7) is 13.5. The maximum absolute atomic E-state index is 5.41. The fourth-order valence-corrected chi connectivity index (χ4v) is 2.59. The van der Waals surface area contributed by atoms with Gasteiger partial charge in [-0.25, -0.2) is 0 Å². The summed E-state index contributed by atoms with van der Waals surface area (Å²) < 4.78 is 5.41. The van der Waals surface area contributed by atoms with E-state index in [-0.39, 0.29) is 0 Å². The molecule has 0 amide bonds. The van der Waals surface area contributed by atoms with Crippen molar-refractivity contribution >= 4 is 0 Å². The Morgan fingerprint density at radius 3 is 2.43 bits per heavy atom. The first-order chi connectivity index (χ1) is 6.68. The van der Waals surface area contributed by atoms with Crippen molar-refractivity contribution in [2.45, 2.75) is 32.4 Å². The maximum Gasteiger partial charge on any atom is 0.0807 e. The molecule has 82 valence electrons. The first-order valence-corrected chi connectivity index (χ1v) is 5.75. The van der Waals surface area contributed by atoms with E-state index >= 15 is 0 Å². The third-order valence-corrected chi connectivity index (χ3v) is 3.68. The summed E-state index contributed by atoms with van der Waals surface area (Å²) in [7, 11) is 0. The van der Waals surface area contributed by atoms with E-state index < -0.39 is 0 Å². The molecule has 0 aromatic heterocycles. The van der Waals surface area contributed by atoms with Gasteiger partial charge in [0.1, 0.15) is 0 Å². The number of likely N-dealkylation sites (N-methyl/N-ethyl adjacent to an activating group) is 1. The molecule has 0 radical (unpaired) electrons. The van der Waals surface area contributed by atoms with E-state index in [2.05, 4.69) is 30.6 Å². The van der Waals surface area contributed by atoms with E-state index in [1.165, 1.54) is 19.6 Å². The lowest BCUT2D eigenvalue weighted by Gasteiger charge is -2.55. The molecule has 3 nitrogen and oxygen atoms in total. The zero-order valence-electron chi connectivity index (χ0n) is 9.62. The van der Waals surface area contributed by atoms with Crippen molar-refractivity contribution in [1.29, 1.82) is 0 Å². The van der Waals surface area contributed by atoms with Gasteiger partial charge in [0.05, 0.1) is 18.8 Å². The Bertz CT molecular complexity index is 201. The van der Waals surface area contributed by atoms with Crippen LogP contribution < -0.4 is 0 Å². The van der Waals surface area contributed by atoms with Gasteiger partial charge in [0.15, 0.2) is 0 Å². The summed E-state index contributed by atoms with van der Waals surface area (Å²) in [5.41, 5.74) is 0.358. The van der Waals surface area contributed by atoms with Crippen molar-refractivity contribution in [1.82, 2.24) is 9.80 Å². The van der Waals surface area contributed by atoms with Crippen LogP contribution in [0.4, 0.5) is 0 Å². The van der Waals surface area contributed by atoms with Crippen molar-refractivity contribution in [2.24, 2.45) is 0 Å². The Balaban J connectivity index is 2.03. The molecule has 2 heterocycles. The molecule has 0 bridgehead atoms. The van der Waals surface area contributed by atoms with Crippen molar-refractivity contribution in [2.75, 3.05) is 39.4 Å². The maximum atomic E-state index is 5.41. The van der Waals surface area contributed by atoms with Crippen molar-refractivity contribution < 1.29 is 4.74 Å². The highest BCUT2D eigenvalue weighted by Gasteiger charge is 2.47. The quantitative estimate of drug-likeness (QED) is 0.653. The van der Waals surface area contributed by atoms with Crippen LogP contribution in [0.25, 0.3) is 0 Å². The molecule has 0 aromatic rings. The lowest BCUT2D eigenvalue weighted by molar-refractivity contribution is -0.171. The minimum absolute atomic E-state index is 0.358. The average molecular weight is 198 g/mol. The van der Waals surface area contributed by atoms with Gasteiger partial charge in [0.25, 0.3) is 0 Å². The molecule has 1 spiro atoms. The molecule has 0 N–H and O–H groups in total. The van der Waals surface area contributed by atoms with Crippen molar-refractivity contribution in [3.05, 3.63) is 0 Å². The van der Waals surface area contributed by atoms with Crippen LogP contribution >= 0.6 is 0 Å². The number of ether oxygens (including phenoxy) is 1. The highest BCUT2D eigenvalue weighted by atomic mass is 16.5. The van der Waals surface area contributed by atoms with Gasteiger partial charge in [-0.05, 0) is 20.4 Å². The van der Waals surface area contributed by atoms with Gasteiger partial charge in [0.2, 0.25) is 0 Å². The number of nitrogens with zero attached hydrogens (tertiary/aromatic N) is 2. The molecule has 0 saturated carbocycles. The molecule has 2 saturated heterocycles. The van der Waals surface area contributed by atoms with Gasteiger partial charge >= 0.3 is 0 Å². The topological polar surface area (TPSA) is 15.7 Å². The fourth-order valence-electron chi connectivity index (χ4n) is 2.59. The predicted molar refractivity (Wildman–Crippen MR) is 57.5 cm³/mol. The minimum atomic E-state index is 0.358. The van der Waals surface area contributed by atoms with Crippen molar-refractivity contribution in [3.8, 4) is 0 Å². The van der Waals surface area contributed by atoms with Gasteiger partial charge in [-0.1, -0.05) is 6.92 Å². The smallest absolute Gasteiger partial charge is 0.0807 e. The molecule has 3 heteroatoms. The molecule has 0 aliphatic carbocycles. The second-order valence-corrected chi connectivity index (χ2v) is 4.86. The Morgan fingerprint density at radius 2 is 2.00 bits per heavy atom. The van der Waals surface area contributed by atoms with Crippen LogP contribution in [0.1, 0.15) is 20.8 Å². The van der Waals surface area contributed by atoms with Crippen LogP contribution in [0.5, 0.6) is 0 Å². The van der Waals surface area contributed by atoms with Gasteiger partial charge in [-0.2, -0.15) is 0 Å². The van der Waals surface area contributed by atoms with Gasteiger partial charge in [-0.15, -0.1) is 0 Å². The van der Waals surface area contributed by atoms with E-state index in [4.69, 9.17) is 4.74 Å². The summed E-state index contributed by atoms with van der Waals surface area (Å²) in [5.74, 6) is 0. The average Bonchev–Trinajstić information content (AvgIpc) is 2.14. The molecule has 2 fully saturated rings. The highest BCUT2D eigenvalue weighted by Crippen LogP contribution is 2.29. The monoisotopic (exact) mass is 198 g/mol. The molecule has 2 rings (SSSR count). The Hall–Kier alpha value is -0.120. The van der Waals surface area contributed by atoms with Crippen LogP contribution in [0.15, 0.2) is 0 Å². The largest absolute Gasteiger partial charge is 0.377 e. The van der Waals surface area contributed by atoms with E-state index in [0.717, 1.165) is 19.8 Å². The van der Waals surface area contributed by atoms with E-state index in [1.54, 1.807) is 0 Å². The number of hydrogen-bond acceptors (Lipinski definition) is 3. The molecular formula is C11H22N2O. The lowest BCUT2D eigenvalue weighted by atomic mass is 9.91. The third-order valence-electron chi connectivity index (χ3n) is 3.68. The first kappa shape index (κ1) is 10.4. The Kier molecular flexibility index (Phi) is 2.82. The number of piperazine rings is 1. The van der Waals surface area contributed by atoms with Crippen LogP contribution in [0.2, 0.25) is 0 Å². The summed E-state index contributed by atoms with van der Waals surface area (Å²) in [4.78, 5) is 5.17. The number of hydrogen-bond donors (Lipinski definition) is 0. The van der Waals surface area contributed by atoms with Crippen LogP contribution in [-0.2, 0) is 4.74 Å². The van der Waals surface area contributed by atoms with Crippen molar-refractivity contribution in [3.63, 3.8) is 0 Å². The van der Waals surface area contributed by atoms with E-state index in [9.17, 15) is 0 Å². The second kappa shape index (κ2) is 3.80. The summed E-state index contributed by atoms with van der Waals surface area (Å²) in [5, 5.41) is 0. The Labute approximate surface area is 87.0 Å². The Morgan fingerprint density at radius 1 is 1.29 bits per heavy atom. The minimum Gasteiger partial charge on any atom is -0.377 e. The van der Waals surface area contributed by atoms with E-state index in [0.29, 0.717) is 11.6 Å². The molecule has 2 aliphatic rings. The lowest BCUT2D eigenvalue weighted by Crippen LogP contribution is -2.71. The SMILES string of the molecule is CCN1CCN(C(C)C)CC12COC2. The summed E-state index contributed by atoms with van der Waals surface area (Å²) >= 11 is 0. The zero-order valence-corrected chi connectivity index (χ0v) is 9.62. The first-order valence-electron chi connectivity index (χ1n) is 5.75. The molecule has 2 aliphatic heterocycles. The molecular weight excluding hydrogens is 176 g/mol. The molecule has 0 unspecified atom stereocenters. The molecule has 0 aromatic carbocycles. The normalized spacial score (nSPS) is 28.3. The number of rotatable bonds is 2. The zero-order chi connectivity index (χ0) is 10.2. The predicted octanol–water partition coefficient (Wildman–Crippen LogP) is 0.801. The highest BCUT2D eigenvalue weighted by molar-refractivity contribution is 5.02. The summed E-state index contributed by atoms with van der Waals surface area (Å²) in [6.07, 6.45) is 0. The molecule has 0 atom stereocenters. The van der Waals surface area contributed by atoms with Crippen LogP contribution in [-0.4, -0.2) is 60.8 Å². The van der Waals surface area contributed by atoms with E-state index in [1.807, 2.05) is 0 Å². The molecule has 14 heavy (non-hydrogen) atoms. The van der Waals surface area contributed by atoms with Gasteiger partial charge in [0, 0.05) is 25.7 Å².